The summed E-state index contributed by atoms with van der Waals surface area (Å²) >= 11 is 0. The second-order valence-corrected chi connectivity index (χ2v) is 14.7. The smallest absolute Gasteiger partial charge is 0.164 e. The van der Waals surface area contributed by atoms with Gasteiger partial charge in [-0.2, -0.15) is 0 Å². The third-order valence-corrected chi connectivity index (χ3v) is 11.3. The summed E-state index contributed by atoms with van der Waals surface area (Å²) in [5, 5.41) is 8.74. The fourth-order valence-corrected chi connectivity index (χ4v) is 8.64. The van der Waals surface area contributed by atoms with Crippen LogP contribution in [0.4, 0.5) is 0 Å². The van der Waals surface area contributed by atoms with E-state index < -0.39 is 0 Å². The first-order valence-electron chi connectivity index (χ1n) is 19.4. The summed E-state index contributed by atoms with van der Waals surface area (Å²) in [4.78, 5) is 15.8. The van der Waals surface area contributed by atoms with Crippen molar-refractivity contribution in [1.29, 1.82) is 0 Å². The van der Waals surface area contributed by atoms with Crippen LogP contribution in [0.15, 0.2) is 197 Å². The van der Waals surface area contributed by atoms with E-state index in [1.54, 1.807) is 0 Å². The van der Waals surface area contributed by atoms with Crippen molar-refractivity contribution in [3.63, 3.8) is 0 Å². The number of benzene rings is 9. The number of fused-ring (bicyclic) bond motifs is 9. The minimum Gasteiger partial charge on any atom is -0.456 e. The summed E-state index contributed by atoms with van der Waals surface area (Å²) in [6.07, 6.45) is 0. The minimum atomic E-state index is 0.597. The molecular weight excluding hydrogens is 711 g/mol. The highest BCUT2D eigenvalue weighted by Crippen LogP contribution is 2.42. The Morgan fingerprint density at radius 1 is 0.276 bits per heavy atom. The molecule has 0 atom stereocenters. The number of nitrogens with zero attached hydrogens (tertiary/aromatic N) is 3. The van der Waals surface area contributed by atoms with Crippen LogP contribution in [0.25, 0.3) is 122 Å². The van der Waals surface area contributed by atoms with Crippen molar-refractivity contribution in [1.82, 2.24) is 15.0 Å². The highest BCUT2D eigenvalue weighted by Gasteiger charge is 2.19. The third-order valence-electron chi connectivity index (χ3n) is 11.3. The van der Waals surface area contributed by atoms with Gasteiger partial charge in [-0.25, -0.2) is 15.0 Å². The lowest BCUT2D eigenvalue weighted by atomic mass is 9.93. The third kappa shape index (κ3) is 5.14. The van der Waals surface area contributed by atoms with Gasteiger partial charge in [0.25, 0.3) is 0 Å². The van der Waals surface area contributed by atoms with Crippen LogP contribution in [0.5, 0.6) is 0 Å². The topological polar surface area (TPSA) is 65.0 Å². The van der Waals surface area contributed by atoms with Crippen LogP contribution < -0.4 is 0 Å². The molecule has 12 aromatic rings. The molecule has 0 unspecified atom stereocenters. The van der Waals surface area contributed by atoms with Gasteiger partial charge in [0.2, 0.25) is 0 Å². The summed E-state index contributed by atoms with van der Waals surface area (Å²) in [7, 11) is 0. The zero-order chi connectivity index (χ0) is 38.2. The zero-order valence-corrected chi connectivity index (χ0v) is 31.1. The van der Waals surface area contributed by atoms with E-state index in [-0.39, 0.29) is 0 Å². The van der Waals surface area contributed by atoms with E-state index in [1.807, 2.05) is 36.4 Å². The van der Waals surface area contributed by atoms with Gasteiger partial charge in [-0.3, -0.25) is 0 Å². The summed E-state index contributed by atoms with van der Waals surface area (Å²) in [6.45, 7) is 0. The van der Waals surface area contributed by atoms with E-state index in [4.69, 9.17) is 23.8 Å². The number of aromatic nitrogens is 3. The summed E-state index contributed by atoms with van der Waals surface area (Å²) < 4.78 is 12.6. The maximum absolute atomic E-state index is 6.30. The molecule has 0 spiro atoms. The van der Waals surface area contributed by atoms with Crippen molar-refractivity contribution < 1.29 is 8.83 Å². The summed E-state index contributed by atoms with van der Waals surface area (Å²) in [5.41, 5.74) is 10.7. The molecule has 9 aromatic carbocycles. The molecule has 270 valence electrons. The maximum Gasteiger partial charge on any atom is 0.164 e. The molecule has 0 N–H and O–H groups in total. The van der Waals surface area contributed by atoms with E-state index in [2.05, 4.69) is 152 Å². The summed E-state index contributed by atoms with van der Waals surface area (Å²) in [5.74, 6) is 1.80. The highest BCUT2D eigenvalue weighted by atomic mass is 16.3. The fraction of sp³-hybridized carbons (Fsp3) is 0. The van der Waals surface area contributed by atoms with Gasteiger partial charge in [0.15, 0.2) is 17.5 Å². The Kier molecular flexibility index (Phi) is 7.16. The maximum atomic E-state index is 6.30. The Morgan fingerprint density at radius 2 is 0.793 bits per heavy atom. The lowest BCUT2D eigenvalue weighted by Crippen LogP contribution is -2.01. The molecule has 12 rings (SSSR count). The Hall–Kier alpha value is -7.89. The van der Waals surface area contributed by atoms with Crippen LogP contribution in [-0.4, -0.2) is 15.0 Å². The van der Waals surface area contributed by atoms with E-state index in [0.717, 1.165) is 104 Å². The van der Waals surface area contributed by atoms with E-state index in [0.29, 0.717) is 17.5 Å². The van der Waals surface area contributed by atoms with Gasteiger partial charge >= 0.3 is 0 Å². The minimum absolute atomic E-state index is 0.597. The number of hydrogen-bond donors (Lipinski definition) is 0. The molecule has 0 radical (unpaired) electrons. The molecule has 0 saturated carbocycles. The van der Waals surface area contributed by atoms with Gasteiger partial charge in [-0.1, -0.05) is 152 Å². The Balaban J connectivity index is 1.09. The first-order valence-corrected chi connectivity index (χ1v) is 19.4. The van der Waals surface area contributed by atoms with E-state index in [9.17, 15) is 0 Å². The molecular formula is C53H31N3O2. The molecule has 3 heterocycles. The average molecular weight is 742 g/mol. The lowest BCUT2D eigenvalue weighted by molar-refractivity contribution is 0.668. The van der Waals surface area contributed by atoms with Crippen LogP contribution in [0, 0.1) is 0 Å². The normalized spacial score (nSPS) is 11.8. The second-order valence-electron chi connectivity index (χ2n) is 14.7. The molecule has 5 nitrogen and oxygen atoms in total. The molecule has 0 aliphatic rings. The van der Waals surface area contributed by atoms with Gasteiger partial charge in [0, 0.05) is 38.2 Å². The molecule has 58 heavy (non-hydrogen) atoms. The standard InChI is InChI=1S/C53H31N3O2/c1-2-12-32(13-3-1)34-14-8-15-35(30-34)51-54-52(36-27-26-33-28-29-48-50(44(33)31-36)43-17-5-7-24-46(43)58-48)56-53(55-51)41-22-10-18-37-38(19-9-20-39(37)41)40-21-11-25-47-49(40)42-16-4-6-23-45(42)57-47/h1-31H. The van der Waals surface area contributed by atoms with Crippen LogP contribution in [0.2, 0.25) is 0 Å². The quantitative estimate of drug-likeness (QED) is 0.176. The van der Waals surface area contributed by atoms with Crippen molar-refractivity contribution in [3.8, 4) is 56.4 Å². The second kappa shape index (κ2) is 12.8. The molecule has 0 saturated heterocycles. The molecule has 0 fully saturated rings. The first-order chi connectivity index (χ1) is 28.7. The van der Waals surface area contributed by atoms with Crippen LogP contribution >= 0.6 is 0 Å². The largest absolute Gasteiger partial charge is 0.456 e. The number of rotatable bonds is 5. The molecule has 0 aliphatic carbocycles. The summed E-state index contributed by atoms with van der Waals surface area (Å²) in [6, 6.07) is 65.1. The van der Waals surface area contributed by atoms with Crippen LogP contribution in [-0.2, 0) is 0 Å². The number of para-hydroxylation sites is 2. The number of furan rings is 2. The monoisotopic (exact) mass is 741 g/mol. The average Bonchev–Trinajstić information content (AvgIpc) is 3.88. The molecule has 0 amide bonds. The molecule has 0 bridgehead atoms. The van der Waals surface area contributed by atoms with Crippen molar-refractivity contribution in [2.75, 3.05) is 0 Å². The van der Waals surface area contributed by atoms with Gasteiger partial charge in [0.1, 0.15) is 22.3 Å². The highest BCUT2D eigenvalue weighted by molar-refractivity contribution is 6.19. The Morgan fingerprint density at radius 3 is 1.59 bits per heavy atom. The molecule has 5 heteroatoms. The van der Waals surface area contributed by atoms with Crippen molar-refractivity contribution >= 4 is 65.4 Å². The van der Waals surface area contributed by atoms with Crippen molar-refractivity contribution in [2.45, 2.75) is 0 Å². The van der Waals surface area contributed by atoms with E-state index >= 15 is 0 Å². The molecule has 0 aliphatic heterocycles. The first kappa shape index (κ1) is 32.4. The van der Waals surface area contributed by atoms with Crippen molar-refractivity contribution in [3.05, 3.63) is 188 Å². The van der Waals surface area contributed by atoms with Gasteiger partial charge in [-0.05, 0) is 80.2 Å². The number of hydrogen-bond acceptors (Lipinski definition) is 5. The predicted octanol–water partition coefficient (Wildman–Crippen LogP) is 14.3. The van der Waals surface area contributed by atoms with Crippen LogP contribution in [0.1, 0.15) is 0 Å². The van der Waals surface area contributed by atoms with Gasteiger partial charge in [0.05, 0.1) is 0 Å². The Bertz CT molecular complexity index is 3580. The fourth-order valence-electron chi connectivity index (χ4n) is 8.64. The van der Waals surface area contributed by atoms with Crippen LogP contribution in [0.3, 0.4) is 0 Å². The zero-order valence-electron chi connectivity index (χ0n) is 31.1. The van der Waals surface area contributed by atoms with E-state index in [1.165, 1.54) is 0 Å². The lowest BCUT2D eigenvalue weighted by Gasteiger charge is -2.13. The Labute approximate surface area is 332 Å². The SMILES string of the molecule is c1ccc(-c2cccc(-c3nc(-c4ccc5ccc6oc7ccccc7c6c5c4)nc(-c4cccc5c(-c6cccc7oc8ccccc8c67)cccc45)n3)c2)cc1. The van der Waals surface area contributed by atoms with Gasteiger partial charge < -0.3 is 8.83 Å². The van der Waals surface area contributed by atoms with Crippen molar-refractivity contribution in [2.24, 2.45) is 0 Å². The van der Waals surface area contributed by atoms with Gasteiger partial charge in [-0.15, -0.1) is 0 Å². The predicted molar refractivity (Wildman–Crippen MR) is 237 cm³/mol. The molecule has 3 aromatic heterocycles.